The van der Waals surface area contributed by atoms with Crippen molar-refractivity contribution in [3.8, 4) is 0 Å². The monoisotopic (exact) mass is 239 g/mol. The van der Waals surface area contributed by atoms with E-state index < -0.39 is 0 Å². The summed E-state index contributed by atoms with van der Waals surface area (Å²) in [6.07, 6.45) is 6.83. The lowest BCUT2D eigenvalue weighted by molar-refractivity contribution is -0.102. The van der Waals surface area contributed by atoms with Crippen molar-refractivity contribution in [1.82, 2.24) is 4.90 Å². The maximum Gasteiger partial charge on any atom is 0.0648 e. The lowest BCUT2D eigenvalue weighted by Crippen LogP contribution is -2.62. The zero-order valence-electron chi connectivity index (χ0n) is 12.3. The van der Waals surface area contributed by atoms with Gasteiger partial charge in [-0.1, -0.05) is 19.9 Å². The highest BCUT2D eigenvalue weighted by atomic mass is 16.5. The van der Waals surface area contributed by atoms with E-state index in [-0.39, 0.29) is 11.1 Å². The molecule has 2 nitrogen and oxygen atoms in total. The normalized spacial score (nSPS) is 39.2. The van der Waals surface area contributed by atoms with E-state index in [0.29, 0.717) is 12.7 Å². The second kappa shape index (κ2) is 5.53. The second-order valence-electron chi connectivity index (χ2n) is 5.91. The Balaban J connectivity index is 2.85. The first-order valence-electron chi connectivity index (χ1n) is 6.88. The van der Waals surface area contributed by atoms with E-state index in [0.717, 1.165) is 12.8 Å². The SMILES string of the molecule is C=CCOC1CC(C)(CC)N(C)C(C)(CC)C1. The summed E-state index contributed by atoms with van der Waals surface area (Å²) in [6.45, 7) is 13.7. The summed E-state index contributed by atoms with van der Waals surface area (Å²) < 4.78 is 5.93. The van der Waals surface area contributed by atoms with Crippen LogP contribution in [0.5, 0.6) is 0 Å². The maximum atomic E-state index is 5.93. The molecule has 0 N–H and O–H groups in total. The number of hydrogen-bond donors (Lipinski definition) is 0. The van der Waals surface area contributed by atoms with Gasteiger partial charge in [-0.05, 0) is 46.6 Å². The zero-order valence-corrected chi connectivity index (χ0v) is 12.3. The number of hydrogen-bond acceptors (Lipinski definition) is 2. The zero-order chi connectivity index (χ0) is 13.1. The fraction of sp³-hybridized carbons (Fsp3) is 0.867. The largest absolute Gasteiger partial charge is 0.374 e. The van der Waals surface area contributed by atoms with Gasteiger partial charge < -0.3 is 4.74 Å². The van der Waals surface area contributed by atoms with Gasteiger partial charge in [0.15, 0.2) is 0 Å². The Morgan fingerprint density at radius 3 is 2.06 bits per heavy atom. The summed E-state index contributed by atoms with van der Waals surface area (Å²) >= 11 is 0. The van der Waals surface area contributed by atoms with Crippen LogP contribution in [0, 0.1) is 0 Å². The summed E-state index contributed by atoms with van der Waals surface area (Å²) in [7, 11) is 2.27. The van der Waals surface area contributed by atoms with Crippen LogP contribution in [0.15, 0.2) is 12.7 Å². The summed E-state index contributed by atoms with van der Waals surface area (Å²) in [4.78, 5) is 2.58. The molecule has 0 spiro atoms. The molecule has 100 valence electrons. The Hall–Kier alpha value is -0.340. The van der Waals surface area contributed by atoms with Crippen molar-refractivity contribution in [2.24, 2.45) is 0 Å². The highest BCUT2D eigenvalue weighted by molar-refractivity contribution is 5.02. The van der Waals surface area contributed by atoms with E-state index in [1.807, 2.05) is 6.08 Å². The molecule has 1 fully saturated rings. The molecule has 2 unspecified atom stereocenters. The third-order valence-electron chi connectivity index (χ3n) is 4.93. The summed E-state index contributed by atoms with van der Waals surface area (Å²) in [5.74, 6) is 0. The molecule has 0 aliphatic carbocycles. The Bertz CT molecular complexity index is 246. The van der Waals surface area contributed by atoms with Crippen molar-refractivity contribution in [1.29, 1.82) is 0 Å². The molecule has 2 heteroatoms. The van der Waals surface area contributed by atoms with Crippen LogP contribution in [0.1, 0.15) is 53.4 Å². The molecule has 0 aromatic carbocycles. The number of likely N-dealkylation sites (tertiary alicyclic amines) is 1. The summed E-state index contributed by atoms with van der Waals surface area (Å²) in [6, 6.07) is 0. The van der Waals surface area contributed by atoms with Crippen LogP contribution in [0.4, 0.5) is 0 Å². The molecule has 0 aromatic rings. The third kappa shape index (κ3) is 2.92. The van der Waals surface area contributed by atoms with Crippen LogP contribution in [0.3, 0.4) is 0 Å². The lowest BCUT2D eigenvalue weighted by Gasteiger charge is -2.56. The van der Waals surface area contributed by atoms with Gasteiger partial charge >= 0.3 is 0 Å². The van der Waals surface area contributed by atoms with E-state index in [1.165, 1.54) is 12.8 Å². The molecule has 0 saturated carbocycles. The van der Waals surface area contributed by atoms with Gasteiger partial charge in [0.05, 0.1) is 12.7 Å². The van der Waals surface area contributed by atoms with E-state index in [9.17, 15) is 0 Å². The van der Waals surface area contributed by atoms with Crippen LogP contribution in [-0.4, -0.2) is 35.7 Å². The molecular formula is C15H29NO. The molecule has 1 aliphatic rings. The molecule has 17 heavy (non-hydrogen) atoms. The maximum absolute atomic E-state index is 5.93. The molecule has 0 bridgehead atoms. The van der Waals surface area contributed by atoms with Crippen molar-refractivity contribution >= 4 is 0 Å². The molecule has 0 amide bonds. The van der Waals surface area contributed by atoms with Crippen LogP contribution < -0.4 is 0 Å². The number of piperidine rings is 1. The van der Waals surface area contributed by atoms with Crippen LogP contribution in [0.2, 0.25) is 0 Å². The molecule has 1 heterocycles. The van der Waals surface area contributed by atoms with E-state index in [2.05, 4.69) is 46.2 Å². The van der Waals surface area contributed by atoms with Crippen LogP contribution in [-0.2, 0) is 4.74 Å². The molecule has 1 rings (SSSR count). The third-order valence-corrected chi connectivity index (χ3v) is 4.93. The molecule has 2 atom stereocenters. The molecular weight excluding hydrogens is 210 g/mol. The van der Waals surface area contributed by atoms with Gasteiger partial charge in [-0.15, -0.1) is 6.58 Å². The Kier molecular flexibility index (Phi) is 4.79. The predicted molar refractivity (Wildman–Crippen MR) is 74.3 cm³/mol. The minimum atomic E-state index is 0.259. The topological polar surface area (TPSA) is 12.5 Å². The van der Waals surface area contributed by atoms with Gasteiger partial charge in [-0.2, -0.15) is 0 Å². The standard InChI is InChI=1S/C15H29NO/c1-7-10-17-13-11-14(4,8-2)16(6)15(5,9-3)12-13/h7,13H,1,8-12H2,2-6H3. The van der Waals surface area contributed by atoms with Gasteiger partial charge in [0.2, 0.25) is 0 Å². The highest BCUT2D eigenvalue weighted by Gasteiger charge is 2.46. The van der Waals surface area contributed by atoms with Gasteiger partial charge in [0, 0.05) is 11.1 Å². The van der Waals surface area contributed by atoms with Crippen LogP contribution in [0.25, 0.3) is 0 Å². The van der Waals surface area contributed by atoms with Crippen molar-refractivity contribution < 1.29 is 4.74 Å². The van der Waals surface area contributed by atoms with E-state index in [4.69, 9.17) is 4.74 Å². The minimum Gasteiger partial charge on any atom is -0.374 e. The smallest absolute Gasteiger partial charge is 0.0648 e. The molecule has 1 saturated heterocycles. The first-order chi connectivity index (χ1) is 7.91. The van der Waals surface area contributed by atoms with Crippen molar-refractivity contribution in [2.75, 3.05) is 13.7 Å². The second-order valence-corrected chi connectivity index (χ2v) is 5.91. The average molecular weight is 239 g/mol. The number of rotatable bonds is 5. The fourth-order valence-corrected chi connectivity index (χ4v) is 3.06. The van der Waals surface area contributed by atoms with Gasteiger partial charge in [0.25, 0.3) is 0 Å². The van der Waals surface area contributed by atoms with E-state index >= 15 is 0 Å². The molecule has 1 aliphatic heterocycles. The van der Waals surface area contributed by atoms with Crippen molar-refractivity contribution in [3.05, 3.63) is 12.7 Å². The Morgan fingerprint density at radius 1 is 1.24 bits per heavy atom. The lowest BCUT2D eigenvalue weighted by atomic mass is 9.74. The molecule has 0 aromatic heterocycles. The van der Waals surface area contributed by atoms with E-state index in [1.54, 1.807) is 0 Å². The van der Waals surface area contributed by atoms with Crippen LogP contribution >= 0.6 is 0 Å². The summed E-state index contributed by atoms with van der Waals surface area (Å²) in [5.41, 5.74) is 0.518. The fourth-order valence-electron chi connectivity index (χ4n) is 3.06. The summed E-state index contributed by atoms with van der Waals surface area (Å²) in [5, 5.41) is 0. The molecule has 0 radical (unpaired) electrons. The minimum absolute atomic E-state index is 0.259. The van der Waals surface area contributed by atoms with Gasteiger partial charge in [-0.25, -0.2) is 0 Å². The van der Waals surface area contributed by atoms with Gasteiger partial charge in [0.1, 0.15) is 0 Å². The first-order valence-corrected chi connectivity index (χ1v) is 6.88. The van der Waals surface area contributed by atoms with Crippen molar-refractivity contribution in [2.45, 2.75) is 70.6 Å². The quantitative estimate of drug-likeness (QED) is 0.679. The predicted octanol–water partition coefficient (Wildman–Crippen LogP) is 3.62. The highest BCUT2D eigenvalue weighted by Crippen LogP contribution is 2.41. The Labute approximate surface area is 107 Å². The Morgan fingerprint density at radius 2 is 1.71 bits per heavy atom. The van der Waals surface area contributed by atoms with Crippen molar-refractivity contribution in [3.63, 3.8) is 0 Å². The first kappa shape index (κ1) is 14.7. The number of nitrogens with zero attached hydrogens (tertiary/aromatic N) is 1. The number of ether oxygens (including phenoxy) is 1. The van der Waals surface area contributed by atoms with Gasteiger partial charge in [-0.3, -0.25) is 4.90 Å². The average Bonchev–Trinajstić information content (AvgIpc) is 2.33.